The molecule has 1 saturated carbocycles. The molecule has 7 nitrogen and oxygen atoms in total. The average molecular weight is 488 g/mol. The fourth-order valence-electron chi connectivity index (χ4n) is 6.52. The van der Waals surface area contributed by atoms with Crippen LogP contribution in [0, 0.1) is 0 Å². The number of benzene rings is 2. The molecule has 188 valence electrons. The lowest BCUT2D eigenvalue weighted by molar-refractivity contribution is -0.136. The second kappa shape index (κ2) is 9.69. The fraction of sp³-hybridized carbons (Fsp3) is 0.483. The number of amides is 3. The fourth-order valence-corrected chi connectivity index (χ4v) is 6.52. The first-order valence-electron chi connectivity index (χ1n) is 13.3. The van der Waals surface area contributed by atoms with Gasteiger partial charge in [0.25, 0.3) is 5.91 Å². The minimum absolute atomic E-state index is 0.134. The van der Waals surface area contributed by atoms with Gasteiger partial charge in [0.1, 0.15) is 17.9 Å². The number of hydrogen-bond donors (Lipinski definition) is 1. The molecule has 1 N–H and O–H groups in total. The molecule has 2 aromatic carbocycles. The van der Waals surface area contributed by atoms with Gasteiger partial charge in [0.05, 0.1) is 0 Å². The number of carbonyl (C=O) groups excluding carboxylic acids is 3. The molecule has 0 aromatic heterocycles. The highest BCUT2D eigenvalue weighted by Crippen LogP contribution is 2.36. The molecular formula is C29H33N3O4. The summed E-state index contributed by atoms with van der Waals surface area (Å²) >= 11 is 0. The molecule has 6 rings (SSSR count). The standard InChI is InChI=1S/C29H33N3O4/c33-27-13-12-25(28(34)30-27)32-18-21-16-22(10-11-23(21)29(32)35)36-26-9-5-4-8-24(26)31-15-14-20(17-31)19-6-2-1-3-7-19/h1-3,6-7,10-11,16,20,24-26H,4-5,8-9,12-15,17-18H2,(H,30,33,34)/t20?,24-,25?,26+/m1/s1. The third kappa shape index (κ3) is 4.41. The van der Waals surface area contributed by atoms with Crippen molar-refractivity contribution in [3.63, 3.8) is 0 Å². The second-order valence-electron chi connectivity index (χ2n) is 10.6. The Balaban J connectivity index is 1.14. The van der Waals surface area contributed by atoms with Gasteiger partial charge in [-0.05, 0) is 73.9 Å². The number of nitrogens with zero attached hydrogens (tertiary/aromatic N) is 2. The molecule has 4 atom stereocenters. The van der Waals surface area contributed by atoms with Crippen LogP contribution in [0.5, 0.6) is 5.75 Å². The lowest BCUT2D eigenvalue weighted by Crippen LogP contribution is -2.52. The normalized spacial score (nSPS) is 28.8. The molecule has 0 bridgehead atoms. The summed E-state index contributed by atoms with van der Waals surface area (Å²) in [5.74, 6) is 0.575. The predicted octanol–water partition coefficient (Wildman–Crippen LogP) is 3.63. The summed E-state index contributed by atoms with van der Waals surface area (Å²) in [5.41, 5.74) is 2.94. The maximum Gasteiger partial charge on any atom is 0.255 e. The van der Waals surface area contributed by atoms with Crippen LogP contribution in [-0.2, 0) is 16.1 Å². The van der Waals surface area contributed by atoms with Crippen molar-refractivity contribution in [2.45, 2.75) is 75.6 Å². The number of nitrogens with one attached hydrogen (secondary N) is 1. The summed E-state index contributed by atoms with van der Waals surface area (Å²) in [5, 5.41) is 2.36. The lowest BCUT2D eigenvalue weighted by Gasteiger charge is -2.38. The van der Waals surface area contributed by atoms with Crippen molar-refractivity contribution in [3.05, 3.63) is 65.2 Å². The van der Waals surface area contributed by atoms with E-state index in [1.165, 1.54) is 24.8 Å². The monoisotopic (exact) mass is 487 g/mol. The molecule has 3 amide bonds. The third-order valence-electron chi connectivity index (χ3n) is 8.41. The summed E-state index contributed by atoms with van der Waals surface area (Å²) in [4.78, 5) is 41.1. The van der Waals surface area contributed by atoms with Gasteiger partial charge in [-0.3, -0.25) is 24.6 Å². The average Bonchev–Trinajstić information content (AvgIpc) is 3.50. The van der Waals surface area contributed by atoms with Gasteiger partial charge in [0.15, 0.2) is 0 Å². The van der Waals surface area contributed by atoms with Gasteiger partial charge >= 0.3 is 0 Å². The zero-order valence-corrected chi connectivity index (χ0v) is 20.5. The first kappa shape index (κ1) is 23.2. The van der Waals surface area contributed by atoms with Crippen molar-refractivity contribution >= 4 is 17.7 Å². The maximum atomic E-state index is 13.0. The maximum absolute atomic E-state index is 13.0. The largest absolute Gasteiger partial charge is 0.489 e. The number of fused-ring (bicyclic) bond motifs is 1. The van der Waals surface area contributed by atoms with Gasteiger partial charge in [-0.1, -0.05) is 36.8 Å². The van der Waals surface area contributed by atoms with E-state index in [0.29, 0.717) is 30.5 Å². The third-order valence-corrected chi connectivity index (χ3v) is 8.41. The minimum atomic E-state index is -0.595. The number of ether oxygens (including phenoxy) is 1. The summed E-state index contributed by atoms with van der Waals surface area (Å²) in [6.07, 6.45) is 6.54. The number of imide groups is 1. The highest BCUT2D eigenvalue weighted by molar-refractivity contribution is 6.05. The van der Waals surface area contributed by atoms with Gasteiger partial charge in [0.2, 0.25) is 11.8 Å². The molecule has 3 heterocycles. The van der Waals surface area contributed by atoms with Crippen LogP contribution < -0.4 is 10.1 Å². The van der Waals surface area contributed by atoms with Gasteiger partial charge in [0, 0.05) is 31.1 Å². The van der Waals surface area contributed by atoms with E-state index in [-0.39, 0.29) is 30.2 Å². The molecule has 0 radical (unpaired) electrons. The number of hydrogen-bond acceptors (Lipinski definition) is 5. The van der Waals surface area contributed by atoms with E-state index in [1.807, 2.05) is 18.2 Å². The molecular weight excluding hydrogens is 454 g/mol. The van der Waals surface area contributed by atoms with Gasteiger partial charge in [-0.2, -0.15) is 0 Å². The molecule has 2 saturated heterocycles. The number of likely N-dealkylation sites (tertiary alicyclic amines) is 1. The zero-order valence-electron chi connectivity index (χ0n) is 20.5. The van der Waals surface area contributed by atoms with Crippen molar-refractivity contribution in [1.82, 2.24) is 15.1 Å². The molecule has 3 aliphatic heterocycles. The quantitative estimate of drug-likeness (QED) is 0.652. The zero-order chi connectivity index (χ0) is 24.6. The van der Waals surface area contributed by atoms with Crippen LogP contribution in [0.25, 0.3) is 0 Å². The van der Waals surface area contributed by atoms with E-state index >= 15 is 0 Å². The van der Waals surface area contributed by atoms with Crippen molar-refractivity contribution in [2.75, 3.05) is 13.1 Å². The molecule has 2 aromatic rings. The topological polar surface area (TPSA) is 79.0 Å². The number of rotatable bonds is 5. The molecule has 0 spiro atoms. The molecule has 4 aliphatic rings. The van der Waals surface area contributed by atoms with E-state index in [2.05, 4.69) is 40.5 Å². The van der Waals surface area contributed by atoms with E-state index < -0.39 is 6.04 Å². The van der Waals surface area contributed by atoms with Gasteiger partial charge < -0.3 is 9.64 Å². The lowest BCUT2D eigenvalue weighted by atomic mass is 9.91. The SMILES string of the molecule is O=C1CCC(N2Cc3cc(O[C@H]4CCCC[C@H]4N4CCC(c5ccccc5)C4)ccc3C2=O)C(=O)N1. The smallest absolute Gasteiger partial charge is 0.255 e. The Morgan fingerprint density at radius 2 is 1.75 bits per heavy atom. The Kier molecular flexibility index (Phi) is 6.25. The van der Waals surface area contributed by atoms with E-state index in [1.54, 1.807) is 4.90 Å². The predicted molar refractivity (Wildman–Crippen MR) is 135 cm³/mol. The number of carbonyl (C=O) groups is 3. The molecule has 3 fully saturated rings. The minimum Gasteiger partial charge on any atom is -0.489 e. The Morgan fingerprint density at radius 1 is 0.917 bits per heavy atom. The summed E-state index contributed by atoms with van der Waals surface area (Å²) < 4.78 is 6.60. The summed E-state index contributed by atoms with van der Waals surface area (Å²) in [6, 6.07) is 16.3. The van der Waals surface area contributed by atoms with Crippen molar-refractivity contribution in [1.29, 1.82) is 0 Å². The van der Waals surface area contributed by atoms with Crippen LogP contribution in [0.1, 0.15) is 72.3 Å². The van der Waals surface area contributed by atoms with Gasteiger partial charge in [-0.25, -0.2) is 0 Å². The second-order valence-corrected chi connectivity index (χ2v) is 10.6. The Hall–Kier alpha value is -3.19. The first-order valence-corrected chi connectivity index (χ1v) is 13.3. The van der Waals surface area contributed by atoms with Crippen LogP contribution in [0.3, 0.4) is 0 Å². The highest BCUT2D eigenvalue weighted by atomic mass is 16.5. The Labute approximate surface area is 211 Å². The van der Waals surface area contributed by atoms with E-state index in [0.717, 1.165) is 37.2 Å². The first-order chi connectivity index (χ1) is 17.6. The van der Waals surface area contributed by atoms with E-state index in [4.69, 9.17) is 4.74 Å². The summed E-state index contributed by atoms with van der Waals surface area (Å²) in [6.45, 7) is 2.55. The molecule has 7 heteroatoms. The van der Waals surface area contributed by atoms with Crippen LogP contribution in [0.2, 0.25) is 0 Å². The molecule has 1 aliphatic carbocycles. The number of piperidine rings is 1. The summed E-state index contributed by atoms with van der Waals surface area (Å²) in [7, 11) is 0. The van der Waals surface area contributed by atoms with Crippen LogP contribution in [0.4, 0.5) is 0 Å². The highest BCUT2D eigenvalue weighted by Gasteiger charge is 2.40. The van der Waals surface area contributed by atoms with E-state index in [9.17, 15) is 14.4 Å². The van der Waals surface area contributed by atoms with Crippen LogP contribution >= 0.6 is 0 Å². The van der Waals surface area contributed by atoms with Crippen LogP contribution in [-0.4, -0.2) is 58.8 Å². The van der Waals surface area contributed by atoms with Crippen molar-refractivity contribution in [3.8, 4) is 5.75 Å². The Bertz CT molecular complexity index is 1170. The van der Waals surface area contributed by atoms with Crippen LogP contribution in [0.15, 0.2) is 48.5 Å². The van der Waals surface area contributed by atoms with Gasteiger partial charge in [-0.15, -0.1) is 0 Å². The molecule has 36 heavy (non-hydrogen) atoms. The van der Waals surface area contributed by atoms with Crippen molar-refractivity contribution < 1.29 is 19.1 Å². The molecule has 2 unspecified atom stereocenters. The Morgan fingerprint density at radius 3 is 2.58 bits per heavy atom. The van der Waals surface area contributed by atoms with Crippen molar-refractivity contribution in [2.24, 2.45) is 0 Å².